The van der Waals surface area contributed by atoms with Crippen molar-refractivity contribution in [2.45, 2.75) is 6.92 Å². The maximum Gasteiger partial charge on any atom is 0.162 e. The van der Waals surface area contributed by atoms with Crippen LogP contribution in [0.25, 0.3) is 11.3 Å². The number of ether oxygens (including phenoxy) is 2. The number of nitrogens with zero attached hydrogens (tertiary/aromatic N) is 2. The van der Waals surface area contributed by atoms with E-state index in [2.05, 4.69) is 15.5 Å². The predicted molar refractivity (Wildman–Crippen MR) is 72.6 cm³/mol. The van der Waals surface area contributed by atoms with Gasteiger partial charge in [-0.05, 0) is 37.3 Å². The Bertz CT molecular complexity index is 569. The van der Waals surface area contributed by atoms with E-state index in [1.54, 1.807) is 0 Å². The molecule has 0 atom stereocenters. The second-order valence-electron chi connectivity index (χ2n) is 4.19. The molecule has 0 bridgehead atoms. The van der Waals surface area contributed by atoms with Gasteiger partial charge in [0.1, 0.15) is 19.0 Å². The van der Waals surface area contributed by atoms with Gasteiger partial charge in [0.2, 0.25) is 0 Å². The molecule has 98 valence electrons. The van der Waals surface area contributed by atoms with E-state index in [0.29, 0.717) is 13.2 Å². The molecule has 2 heterocycles. The molecular formula is C14H15N3O2. The lowest BCUT2D eigenvalue weighted by Gasteiger charge is -2.18. The summed E-state index contributed by atoms with van der Waals surface area (Å²) >= 11 is 0. The van der Waals surface area contributed by atoms with Gasteiger partial charge in [-0.3, -0.25) is 0 Å². The zero-order chi connectivity index (χ0) is 13.1. The van der Waals surface area contributed by atoms with Crippen molar-refractivity contribution >= 4 is 5.82 Å². The van der Waals surface area contributed by atoms with Crippen molar-refractivity contribution in [3.8, 4) is 22.8 Å². The van der Waals surface area contributed by atoms with Gasteiger partial charge in [-0.1, -0.05) is 0 Å². The first kappa shape index (κ1) is 11.8. The van der Waals surface area contributed by atoms with E-state index in [0.717, 1.165) is 35.1 Å². The fraction of sp³-hybridized carbons (Fsp3) is 0.286. The van der Waals surface area contributed by atoms with Crippen molar-refractivity contribution < 1.29 is 9.47 Å². The summed E-state index contributed by atoms with van der Waals surface area (Å²) in [5.41, 5.74) is 1.79. The Labute approximate surface area is 111 Å². The minimum atomic E-state index is 0.585. The number of anilines is 1. The Morgan fingerprint density at radius 3 is 2.63 bits per heavy atom. The van der Waals surface area contributed by atoms with Crippen molar-refractivity contribution in [1.29, 1.82) is 0 Å². The highest BCUT2D eigenvalue weighted by Gasteiger charge is 2.12. The minimum absolute atomic E-state index is 0.585. The summed E-state index contributed by atoms with van der Waals surface area (Å²) in [6, 6.07) is 9.67. The lowest BCUT2D eigenvalue weighted by molar-refractivity contribution is 0.171. The predicted octanol–water partition coefficient (Wildman–Crippen LogP) is 2.35. The molecule has 0 spiro atoms. The van der Waals surface area contributed by atoms with Crippen LogP contribution in [0.2, 0.25) is 0 Å². The average molecular weight is 257 g/mol. The van der Waals surface area contributed by atoms with Gasteiger partial charge in [0.05, 0.1) is 5.69 Å². The largest absolute Gasteiger partial charge is 0.486 e. The van der Waals surface area contributed by atoms with Gasteiger partial charge in [0.25, 0.3) is 0 Å². The summed E-state index contributed by atoms with van der Waals surface area (Å²) in [6.45, 7) is 4.04. The van der Waals surface area contributed by atoms with Gasteiger partial charge in [0.15, 0.2) is 11.5 Å². The number of benzene rings is 1. The van der Waals surface area contributed by atoms with Gasteiger partial charge in [0, 0.05) is 12.1 Å². The molecular weight excluding hydrogens is 242 g/mol. The highest BCUT2D eigenvalue weighted by molar-refractivity contribution is 5.64. The molecule has 1 aliphatic heterocycles. The summed E-state index contributed by atoms with van der Waals surface area (Å²) < 4.78 is 11.1. The van der Waals surface area contributed by atoms with Gasteiger partial charge in [-0.15, -0.1) is 10.2 Å². The molecule has 1 N–H and O–H groups in total. The third-order valence-corrected chi connectivity index (χ3v) is 2.86. The Kier molecular flexibility index (Phi) is 3.18. The normalized spacial score (nSPS) is 13.1. The van der Waals surface area contributed by atoms with Crippen LogP contribution in [-0.4, -0.2) is 30.0 Å². The molecule has 5 nitrogen and oxygen atoms in total. The number of nitrogens with one attached hydrogen (secondary N) is 1. The van der Waals surface area contributed by atoms with E-state index in [-0.39, 0.29) is 0 Å². The van der Waals surface area contributed by atoms with Crippen LogP contribution in [-0.2, 0) is 0 Å². The molecule has 0 aliphatic carbocycles. The second kappa shape index (κ2) is 5.14. The van der Waals surface area contributed by atoms with Crippen LogP contribution in [0.3, 0.4) is 0 Å². The Morgan fingerprint density at radius 1 is 1.05 bits per heavy atom. The smallest absolute Gasteiger partial charge is 0.162 e. The summed E-state index contributed by atoms with van der Waals surface area (Å²) in [6.07, 6.45) is 0. The lowest BCUT2D eigenvalue weighted by atomic mass is 10.1. The van der Waals surface area contributed by atoms with Gasteiger partial charge in [-0.2, -0.15) is 0 Å². The van der Waals surface area contributed by atoms with Gasteiger partial charge >= 0.3 is 0 Å². The average Bonchev–Trinajstić information content (AvgIpc) is 2.48. The number of rotatable bonds is 3. The molecule has 2 aromatic rings. The minimum Gasteiger partial charge on any atom is -0.486 e. The maximum absolute atomic E-state index is 5.56. The van der Waals surface area contributed by atoms with Crippen molar-refractivity contribution in [3.05, 3.63) is 30.3 Å². The van der Waals surface area contributed by atoms with Crippen LogP contribution < -0.4 is 14.8 Å². The maximum atomic E-state index is 5.56. The van der Waals surface area contributed by atoms with Crippen LogP contribution in [0.1, 0.15) is 6.92 Å². The molecule has 1 aliphatic rings. The summed E-state index contributed by atoms with van der Waals surface area (Å²) in [4.78, 5) is 0. The van der Waals surface area contributed by atoms with Crippen molar-refractivity contribution in [3.63, 3.8) is 0 Å². The molecule has 1 aromatic heterocycles. The van der Waals surface area contributed by atoms with E-state index >= 15 is 0 Å². The van der Waals surface area contributed by atoms with E-state index < -0.39 is 0 Å². The van der Waals surface area contributed by atoms with Crippen molar-refractivity contribution in [2.24, 2.45) is 0 Å². The summed E-state index contributed by atoms with van der Waals surface area (Å²) in [7, 11) is 0. The standard InChI is InChI=1S/C14H15N3O2/c1-2-15-14-6-4-11(16-17-14)10-3-5-12-13(9-10)19-8-7-18-12/h3-6,9H,2,7-8H2,1H3,(H,15,17). The zero-order valence-corrected chi connectivity index (χ0v) is 10.7. The van der Waals surface area contributed by atoms with Crippen molar-refractivity contribution in [2.75, 3.05) is 25.1 Å². The van der Waals surface area contributed by atoms with E-state index in [9.17, 15) is 0 Å². The second-order valence-corrected chi connectivity index (χ2v) is 4.19. The molecule has 5 heteroatoms. The molecule has 3 rings (SSSR count). The SMILES string of the molecule is CCNc1ccc(-c2ccc3c(c2)OCCO3)nn1. The third kappa shape index (κ3) is 2.45. The molecule has 19 heavy (non-hydrogen) atoms. The van der Waals surface area contributed by atoms with E-state index in [4.69, 9.17) is 9.47 Å². The van der Waals surface area contributed by atoms with Crippen LogP contribution in [0.15, 0.2) is 30.3 Å². The molecule has 1 aromatic carbocycles. The highest BCUT2D eigenvalue weighted by atomic mass is 16.6. The summed E-state index contributed by atoms with van der Waals surface area (Å²) in [5, 5.41) is 11.4. The van der Waals surface area contributed by atoms with Gasteiger partial charge < -0.3 is 14.8 Å². The third-order valence-electron chi connectivity index (χ3n) is 2.86. The Balaban J connectivity index is 1.89. The van der Waals surface area contributed by atoms with Crippen LogP contribution >= 0.6 is 0 Å². The topological polar surface area (TPSA) is 56.3 Å². The number of hydrogen-bond acceptors (Lipinski definition) is 5. The molecule has 0 saturated carbocycles. The van der Waals surface area contributed by atoms with E-state index in [1.807, 2.05) is 37.3 Å². The van der Waals surface area contributed by atoms with Crippen LogP contribution in [0, 0.1) is 0 Å². The first-order valence-electron chi connectivity index (χ1n) is 6.34. The Hall–Kier alpha value is -2.30. The number of fused-ring (bicyclic) bond motifs is 1. The van der Waals surface area contributed by atoms with Crippen LogP contribution in [0.4, 0.5) is 5.82 Å². The fourth-order valence-electron chi connectivity index (χ4n) is 1.96. The summed E-state index contributed by atoms with van der Waals surface area (Å²) in [5.74, 6) is 2.33. The number of hydrogen-bond donors (Lipinski definition) is 1. The van der Waals surface area contributed by atoms with Crippen LogP contribution in [0.5, 0.6) is 11.5 Å². The van der Waals surface area contributed by atoms with Gasteiger partial charge in [-0.25, -0.2) is 0 Å². The molecule has 0 unspecified atom stereocenters. The quantitative estimate of drug-likeness (QED) is 0.914. The molecule has 0 saturated heterocycles. The molecule has 0 amide bonds. The van der Waals surface area contributed by atoms with Crippen molar-refractivity contribution in [1.82, 2.24) is 10.2 Å². The fourth-order valence-corrected chi connectivity index (χ4v) is 1.96. The highest BCUT2D eigenvalue weighted by Crippen LogP contribution is 2.33. The first-order chi connectivity index (χ1) is 9.36. The lowest BCUT2D eigenvalue weighted by Crippen LogP contribution is -2.15. The Morgan fingerprint density at radius 2 is 1.89 bits per heavy atom. The molecule has 0 fully saturated rings. The number of aromatic nitrogens is 2. The molecule has 0 radical (unpaired) electrons. The zero-order valence-electron chi connectivity index (χ0n) is 10.7. The first-order valence-corrected chi connectivity index (χ1v) is 6.34. The van der Waals surface area contributed by atoms with E-state index in [1.165, 1.54) is 0 Å². The monoisotopic (exact) mass is 257 g/mol.